The predicted octanol–water partition coefficient (Wildman–Crippen LogP) is 2.61. The van der Waals surface area contributed by atoms with Gasteiger partial charge >= 0.3 is 0 Å². The molecule has 0 radical (unpaired) electrons. The molecular formula is C13H17BrN2O2. The first kappa shape index (κ1) is 13.4. The molecule has 4 nitrogen and oxygen atoms in total. The number of halogens is 1. The molecule has 0 saturated heterocycles. The molecular weight excluding hydrogens is 296 g/mol. The van der Waals surface area contributed by atoms with Gasteiger partial charge in [0.15, 0.2) is 0 Å². The summed E-state index contributed by atoms with van der Waals surface area (Å²) in [5.74, 6) is 0.0533. The Labute approximate surface area is 115 Å². The number of hydrogen-bond acceptors (Lipinski definition) is 3. The first-order valence-corrected chi connectivity index (χ1v) is 6.90. The molecule has 0 bridgehead atoms. The van der Waals surface area contributed by atoms with E-state index in [1.165, 1.54) is 0 Å². The minimum absolute atomic E-state index is 0.00295. The summed E-state index contributed by atoms with van der Waals surface area (Å²) in [6.07, 6.45) is 3.43. The third kappa shape index (κ3) is 3.23. The fourth-order valence-corrected chi connectivity index (χ4v) is 2.59. The van der Waals surface area contributed by atoms with Gasteiger partial charge in [0.2, 0.25) is 5.91 Å². The van der Waals surface area contributed by atoms with Crippen LogP contribution in [-0.4, -0.2) is 17.1 Å². The normalized spacial score (nSPS) is 23.7. The van der Waals surface area contributed by atoms with E-state index < -0.39 is 0 Å². The summed E-state index contributed by atoms with van der Waals surface area (Å²) in [6, 6.07) is 5.21. The zero-order valence-electron chi connectivity index (χ0n) is 10.0. The van der Waals surface area contributed by atoms with Gasteiger partial charge in [-0.2, -0.15) is 0 Å². The molecule has 18 heavy (non-hydrogen) atoms. The molecule has 1 saturated carbocycles. The van der Waals surface area contributed by atoms with E-state index >= 15 is 0 Å². The van der Waals surface area contributed by atoms with E-state index in [2.05, 4.69) is 21.2 Å². The average molecular weight is 313 g/mol. The fourth-order valence-electron chi connectivity index (χ4n) is 2.22. The molecule has 1 aromatic carbocycles. The minimum Gasteiger partial charge on any atom is -0.506 e. The van der Waals surface area contributed by atoms with Gasteiger partial charge in [-0.05, 0) is 43.9 Å². The lowest BCUT2D eigenvalue weighted by molar-refractivity contribution is -0.120. The van der Waals surface area contributed by atoms with Crippen LogP contribution in [0.1, 0.15) is 25.7 Å². The number of aromatic hydroxyl groups is 1. The smallest absolute Gasteiger partial charge is 0.227 e. The van der Waals surface area contributed by atoms with Crippen molar-refractivity contribution in [3.8, 4) is 5.75 Å². The van der Waals surface area contributed by atoms with Crippen molar-refractivity contribution >= 4 is 27.5 Å². The lowest BCUT2D eigenvalue weighted by Crippen LogP contribution is -2.32. The van der Waals surface area contributed by atoms with Crippen LogP contribution in [0.5, 0.6) is 5.75 Å². The van der Waals surface area contributed by atoms with E-state index in [0.717, 1.165) is 30.2 Å². The van der Waals surface area contributed by atoms with Crippen molar-refractivity contribution in [1.29, 1.82) is 0 Å². The number of hydrogen-bond donors (Lipinski definition) is 3. The molecule has 0 spiro atoms. The van der Waals surface area contributed by atoms with Gasteiger partial charge in [-0.25, -0.2) is 0 Å². The molecule has 0 aliphatic heterocycles. The Balaban J connectivity index is 2.00. The quantitative estimate of drug-likeness (QED) is 0.735. The number of carbonyl (C=O) groups is 1. The van der Waals surface area contributed by atoms with Crippen LogP contribution in [0.25, 0.3) is 0 Å². The number of carbonyl (C=O) groups excluding carboxylic acids is 1. The van der Waals surface area contributed by atoms with Gasteiger partial charge < -0.3 is 16.2 Å². The summed E-state index contributed by atoms with van der Waals surface area (Å²) in [4.78, 5) is 12.1. The highest BCUT2D eigenvalue weighted by Gasteiger charge is 2.25. The largest absolute Gasteiger partial charge is 0.506 e. The van der Waals surface area contributed by atoms with Crippen molar-refractivity contribution < 1.29 is 9.90 Å². The van der Waals surface area contributed by atoms with E-state index in [4.69, 9.17) is 5.73 Å². The number of amides is 1. The van der Waals surface area contributed by atoms with E-state index in [0.29, 0.717) is 5.69 Å². The number of nitrogens with two attached hydrogens (primary N) is 1. The van der Waals surface area contributed by atoms with Crippen molar-refractivity contribution in [3.05, 3.63) is 22.7 Å². The maximum absolute atomic E-state index is 12.1. The number of phenols is 1. The maximum atomic E-state index is 12.1. The summed E-state index contributed by atoms with van der Waals surface area (Å²) in [6.45, 7) is 0. The van der Waals surface area contributed by atoms with Crippen molar-refractivity contribution in [3.63, 3.8) is 0 Å². The van der Waals surface area contributed by atoms with Crippen molar-refractivity contribution in [1.82, 2.24) is 0 Å². The van der Waals surface area contributed by atoms with Crippen molar-refractivity contribution in [2.45, 2.75) is 31.7 Å². The van der Waals surface area contributed by atoms with Crippen LogP contribution in [0.4, 0.5) is 5.69 Å². The second-order valence-electron chi connectivity index (χ2n) is 4.76. The van der Waals surface area contributed by atoms with Crippen LogP contribution in [0, 0.1) is 5.92 Å². The topological polar surface area (TPSA) is 75.4 Å². The van der Waals surface area contributed by atoms with Crippen LogP contribution in [-0.2, 0) is 4.79 Å². The lowest BCUT2D eigenvalue weighted by atomic mass is 9.86. The molecule has 1 fully saturated rings. The molecule has 1 aliphatic rings. The summed E-state index contributed by atoms with van der Waals surface area (Å²) in [5, 5.41) is 12.4. The van der Waals surface area contributed by atoms with Gasteiger partial charge in [-0.15, -0.1) is 0 Å². The Morgan fingerprint density at radius 1 is 1.33 bits per heavy atom. The van der Waals surface area contributed by atoms with E-state index in [9.17, 15) is 9.90 Å². The Kier molecular flexibility index (Phi) is 4.24. The van der Waals surface area contributed by atoms with Crippen molar-refractivity contribution in [2.75, 3.05) is 5.32 Å². The van der Waals surface area contributed by atoms with Crippen LogP contribution in [0.3, 0.4) is 0 Å². The summed E-state index contributed by atoms with van der Waals surface area (Å²) >= 11 is 3.31. The maximum Gasteiger partial charge on any atom is 0.227 e. The van der Waals surface area contributed by atoms with Gasteiger partial charge in [-0.3, -0.25) is 4.79 Å². The van der Waals surface area contributed by atoms with Crippen LogP contribution in [0.15, 0.2) is 22.7 Å². The Hall–Kier alpha value is -1.07. The Bertz CT molecular complexity index is 443. The third-order valence-electron chi connectivity index (χ3n) is 3.36. The van der Waals surface area contributed by atoms with E-state index in [1.54, 1.807) is 18.2 Å². The Morgan fingerprint density at radius 2 is 2.00 bits per heavy atom. The molecule has 0 unspecified atom stereocenters. The second kappa shape index (κ2) is 5.71. The molecule has 5 heteroatoms. The predicted molar refractivity (Wildman–Crippen MR) is 74.4 cm³/mol. The zero-order chi connectivity index (χ0) is 13.1. The zero-order valence-corrected chi connectivity index (χ0v) is 11.6. The molecule has 1 amide bonds. The van der Waals surface area contributed by atoms with Gasteiger partial charge in [0.05, 0.1) is 5.69 Å². The van der Waals surface area contributed by atoms with Gasteiger partial charge in [0, 0.05) is 16.4 Å². The van der Waals surface area contributed by atoms with Crippen LogP contribution < -0.4 is 11.1 Å². The molecule has 0 atom stereocenters. The van der Waals surface area contributed by atoms with E-state index in [1.807, 2.05) is 0 Å². The monoisotopic (exact) mass is 312 g/mol. The molecule has 0 heterocycles. The highest BCUT2D eigenvalue weighted by Crippen LogP contribution is 2.29. The number of nitrogens with one attached hydrogen (secondary N) is 1. The number of benzene rings is 1. The summed E-state index contributed by atoms with van der Waals surface area (Å²) < 4.78 is 0.821. The highest BCUT2D eigenvalue weighted by molar-refractivity contribution is 9.10. The van der Waals surface area contributed by atoms with Crippen LogP contribution in [0.2, 0.25) is 0 Å². The summed E-state index contributed by atoms with van der Waals surface area (Å²) in [7, 11) is 0. The standard InChI is InChI=1S/C13H17BrN2O2/c14-9-3-6-12(17)11(7-9)16-13(18)8-1-4-10(15)5-2-8/h3,6-8,10,17H,1-2,4-5,15H2,(H,16,18). The molecule has 2 rings (SSSR count). The van der Waals surface area contributed by atoms with Crippen molar-refractivity contribution in [2.24, 2.45) is 11.7 Å². The summed E-state index contributed by atoms with van der Waals surface area (Å²) in [5.41, 5.74) is 6.26. The molecule has 98 valence electrons. The average Bonchev–Trinajstić information content (AvgIpc) is 2.34. The number of anilines is 1. The SMILES string of the molecule is NC1CCC(C(=O)Nc2cc(Br)ccc2O)CC1. The molecule has 0 aromatic heterocycles. The minimum atomic E-state index is -0.0321. The van der Waals surface area contributed by atoms with Gasteiger partial charge in [0.25, 0.3) is 0 Å². The first-order valence-electron chi connectivity index (χ1n) is 6.11. The number of rotatable bonds is 2. The lowest BCUT2D eigenvalue weighted by Gasteiger charge is -2.25. The van der Waals surface area contributed by atoms with E-state index in [-0.39, 0.29) is 23.6 Å². The molecule has 1 aromatic rings. The number of phenolic OH excluding ortho intramolecular Hbond substituents is 1. The van der Waals surface area contributed by atoms with Gasteiger partial charge in [0.1, 0.15) is 5.75 Å². The van der Waals surface area contributed by atoms with Gasteiger partial charge in [-0.1, -0.05) is 15.9 Å². The van der Waals surface area contributed by atoms with Crippen LogP contribution >= 0.6 is 15.9 Å². The highest BCUT2D eigenvalue weighted by atomic mass is 79.9. The fraction of sp³-hybridized carbons (Fsp3) is 0.462. The Morgan fingerprint density at radius 3 is 2.67 bits per heavy atom. The second-order valence-corrected chi connectivity index (χ2v) is 5.68. The molecule has 4 N–H and O–H groups in total. The third-order valence-corrected chi connectivity index (χ3v) is 3.85. The first-order chi connectivity index (χ1) is 8.56. The molecule has 1 aliphatic carbocycles.